The highest BCUT2D eigenvalue weighted by atomic mass is 16.5. The second kappa shape index (κ2) is 7.62. The molecule has 26 heavy (non-hydrogen) atoms. The summed E-state index contributed by atoms with van der Waals surface area (Å²) in [7, 11) is 2.20. The van der Waals surface area contributed by atoms with Gasteiger partial charge in [-0.25, -0.2) is 0 Å². The lowest BCUT2D eigenvalue weighted by atomic mass is 9.88. The quantitative estimate of drug-likeness (QED) is 0.802. The van der Waals surface area contributed by atoms with E-state index in [0.29, 0.717) is 6.04 Å². The van der Waals surface area contributed by atoms with E-state index in [1.807, 2.05) is 4.90 Å². The molecule has 6 heteroatoms. The highest BCUT2D eigenvalue weighted by molar-refractivity contribution is 5.94. The maximum absolute atomic E-state index is 12.6. The number of rotatable bonds is 2. The van der Waals surface area contributed by atoms with Crippen molar-refractivity contribution in [2.75, 3.05) is 52.9 Å². The zero-order chi connectivity index (χ0) is 18.0. The molecule has 1 amide bonds. The summed E-state index contributed by atoms with van der Waals surface area (Å²) in [6, 6.07) is 4.19. The van der Waals surface area contributed by atoms with Gasteiger partial charge in [-0.15, -0.1) is 0 Å². The molecule has 3 fully saturated rings. The molecule has 0 bridgehead atoms. The summed E-state index contributed by atoms with van der Waals surface area (Å²) in [4.78, 5) is 23.7. The number of pyridine rings is 1. The van der Waals surface area contributed by atoms with Crippen molar-refractivity contribution < 1.29 is 9.53 Å². The summed E-state index contributed by atoms with van der Waals surface area (Å²) in [5, 5.41) is 0. The van der Waals surface area contributed by atoms with Crippen molar-refractivity contribution in [2.24, 2.45) is 0 Å². The van der Waals surface area contributed by atoms with E-state index < -0.39 is 0 Å². The zero-order valence-corrected chi connectivity index (χ0v) is 15.8. The van der Waals surface area contributed by atoms with E-state index in [1.54, 1.807) is 24.5 Å². The Morgan fingerprint density at radius 3 is 2.50 bits per heavy atom. The van der Waals surface area contributed by atoms with Crippen molar-refractivity contribution in [3.8, 4) is 0 Å². The van der Waals surface area contributed by atoms with Crippen LogP contribution in [0.4, 0.5) is 0 Å². The van der Waals surface area contributed by atoms with Crippen molar-refractivity contribution >= 4 is 5.91 Å². The summed E-state index contributed by atoms with van der Waals surface area (Å²) >= 11 is 0. The molecule has 0 N–H and O–H groups in total. The average Bonchev–Trinajstić information content (AvgIpc) is 2.71. The number of carbonyl (C=O) groups excluding carboxylic acids is 1. The first-order chi connectivity index (χ1) is 12.7. The first-order valence-corrected chi connectivity index (χ1v) is 9.91. The SMILES string of the molecule is CN1CCC2(CC1)CN(C1CCN(C(=O)c3ccncc3)CC1)CCO2. The maximum Gasteiger partial charge on any atom is 0.253 e. The molecule has 0 aliphatic carbocycles. The van der Waals surface area contributed by atoms with E-state index in [2.05, 4.69) is 21.8 Å². The molecule has 3 aliphatic rings. The summed E-state index contributed by atoms with van der Waals surface area (Å²) < 4.78 is 6.25. The lowest BCUT2D eigenvalue weighted by Crippen LogP contribution is -2.59. The maximum atomic E-state index is 12.6. The summed E-state index contributed by atoms with van der Waals surface area (Å²) in [6.45, 7) is 6.89. The summed E-state index contributed by atoms with van der Waals surface area (Å²) in [5.74, 6) is 0.139. The van der Waals surface area contributed by atoms with E-state index in [1.165, 1.54) is 0 Å². The minimum atomic E-state index is 0.0642. The number of morpholine rings is 1. The Bertz CT molecular complexity index is 607. The lowest BCUT2D eigenvalue weighted by Gasteiger charge is -2.50. The average molecular weight is 358 g/mol. The van der Waals surface area contributed by atoms with Crippen LogP contribution in [0.2, 0.25) is 0 Å². The Hall–Kier alpha value is -1.50. The lowest BCUT2D eigenvalue weighted by molar-refractivity contribution is -0.144. The van der Waals surface area contributed by atoms with Gasteiger partial charge in [0.2, 0.25) is 0 Å². The van der Waals surface area contributed by atoms with Gasteiger partial charge in [-0.2, -0.15) is 0 Å². The van der Waals surface area contributed by atoms with Crippen molar-refractivity contribution in [3.63, 3.8) is 0 Å². The van der Waals surface area contributed by atoms with E-state index in [0.717, 1.165) is 77.1 Å². The fourth-order valence-corrected chi connectivity index (χ4v) is 4.63. The van der Waals surface area contributed by atoms with Gasteiger partial charge in [0.1, 0.15) is 0 Å². The fourth-order valence-electron chi connectivity index (χ4n) is 4.63. The normalized spacial score (nSPS) is 25.5. The van der Waals surface area contributed by atoms with Gasteiger partial charge in [0.15, 0.2) is 0 Å². The second-order valence-corrected chi connectivity index (χ2v) is 8.06. The van der Waals surface area contributed by atoms with Crippen LogP contribution in [0.25, 0.3) is 0 Å². The highest BCUT2D eigenvalue weighted by Crippen LogP contribution is 2.32. The molecule has 0 aromatic carbocycles. The van der Waals surface area contributed by atoms with E-state index in [9.17, 15) is 4.79 Å². The fraction of sp³-hybridized carbons (Fsp3) is 0.700. The van der Waals surface area contributed by atoms with Gasteiger partial charge in [-0.1, -0.05) is 0 Å². The molecule has 6 nitrogen and oxygen atoms in total. The molecule has 4 rings (SSSR count). The van der Waals surface area contributed by atoms with Crippen LogP contribution in [0.15, 0.2) is 24.5 Å². The molecule has 0 unspecified atom stereocenters. The van der Waals surface area contributed by atoms with Crippen LogP contribution in [-0.4, -0.2) is 90.2 Å². The van der Waals surface area contributed by atoms with Gasteiger partial charge in [-0.05, 0) is 44.9 Å². The number of ether oxygens (including phenoxy) is 1. The predicted molar refractivity (Wildman–Crippen MR) is 100 cm³/mol. The van der Waals surface area contributed by atoms with Gasteiger partial charge in [0.05, 0.1) is 12.2 Å². The molecule has 3 aliphatic heterocycles. The Morgan fingerprint density at radius 2 is 1.81 bits per heavy atom. The van der Waals surface area contributed by atoms with Gasteiger partial charge in [-0.3, -0.25) is 14.7 Å². The number of aromatic nitrogens is 1. The Labute approximate surface area is 156 Å². The number of hydrogen-bond donors (Lipinski definition) is 0. The second-order valence-electron chi connectivity index (χ2n) is 8.06. The molecule has 0 atom stereocenters. The molecular weight excluding hydrogens is 328 g/mol. The standard InChI is InChI=1S/C20H30N4O2/c1-22-12-6-20(7-13-22)16-24(14-15-26-20)18-4-10-23(11-5-18)19(25)17-2-8-21-9-3-17/h2-3,8-9,18H,4-7,10-16H2,1H3. The van der Waals surface area contributed by atoms with Crippen LogP contribution >= 0.6 is 0 Å². The number of likely N-dealkylation sites (tertiary alicyclic amines) is 2. The summed E-state index contributed by atoms with van der Waals surface area (Å²) in [6.07, 6.45) is 7.78. The molecule has 1 spiro atoms. The molecular formula is C20H30N4O2. The van der Waals surface area contributed by atoms with E-state index >= 15 is 0 Å². The van der Waals surface area contributed by atoms with Gasteiger partial charge in [0.25, 0.3) is 5.91 Å². The Morgan fingerprint density at radius 1 is 1.12 bits per heavy atom. The van der Waals surface area contributed by atoms with E-state index in [-0.39, 0.29) is 11.5 Å². The van der Waals surface area contributed by atoms with Crippen LogP contribution in [0.1, 0.15) is 36.0 Å². The van der Waals surface area contributed by atoms with Crippen molar-refractivity contribution in [2.45, 2.75) is 37.3 Å². The van der Waals surface area contributed by atoms with E-state index in [4.69, 9.17) is 4.74 Å². The smallest absolute Gasteiger partial charge is 0.253 e. The third kappa shape index (κ3) is 3.77. The molecule has 0 radical (unpaired) electrons. The number of carbonyl (C=O) groups is 1. The largest absolute Gasteiger partial charge is 0.372 e. The minimum Gasteiger partial charge on any atom is -0.372 e. The number of piperidine rings is 2. The van der Waals surface area contributed by atoms with Crippen LogP contribution in [0, 0.1) is 0 Å². The number of hydrogen-bond acceptors (Lipinski definition) is 5. The topological polar surface area (TPSA) is 48.9 Å². The third-order valence-electron chi connectivity index (χ3n) is 6.37. The molecule has 3 saturated heterocycles. The van der Waals surface area contributed by atoms with Crippen LogP contribution < -0.4 is 0 Å². The molecule has 142 valence electrons. The molecule has 1 aromatic rings. The molecule has 0 saturated carbocycles. The molecule has 1 aromatic heterocycles. The van der Waals surface area contributed by atoms with Gasteiger partial charge >= 0.3 is 0 Å². The number of nitrogens with zero attached hydrogens (tertiary/aromatic N) is 4. The first kappa shape index (κ1) is 17.9. The van der Waals surface area contributed by atoms with Crippen LogP contribution in [0.5, 0.6) is 0 Å². The Balaban J connectivity index is 1.32. The Kier molecular flexibility index (Phi) is 5.25. The van der Waals surface area contributed by atoms with Crippen LogP contribution in [0.3, 0.4) is 0 Å². The monoisotopic (exact) mass is 358 g/mol. The molecule has 4 heterocycles. The van der Waals surface area contributed by atoms with Gasteiger partial charge in [0, 0.05) is 63.3 Å². The highest BCUT2D eigenvalue weighted by Gasteiger charge is 2.41. The minimum absolute atomic E-state index is 0.0642. The van der Waals surface area contributed by atoms with Crippen molar-refractivity contribution in [3.05, 3.63) is 30.1 Å². The van der Waals surface area contributed by atoms with Gasteiger partial charge < -0.3 is 14.5 Å². The number of amides is 1. The van der Waals surface area contributed by atoms with Crippen molar-refractivity contribution in [1.29, 1.82) is 0 Å². The van der Waals surface area contributed by atoms with Crippen LogP contribution in [-0.2, 0) is 4.74 Å². The third-order valence-corrected chi connectivity index (χ3v) is 6.37. The first-order valence-electron chi connectivity index (χ1n) is 9.91. The predicted octanol–water partition coefficient (Wildman–Crippen LogP) is 1.48. The summed E-state index contributed by atoms with van der Waals surface area (Å²) in [5.41, 5.74) is 0.810. The zero-order valence-electron chi connectivity index (χ0n) is 15.8. The van der Waals surface area contributed by atoms with Crippen molar-refractivity contribution in [1.82, 2.24) is 19.7 Å².